The molecule has 0 bridgehead atoms. The lowest BCUT2D eigenvalue weighted by Gasteiger charge is -2.36. The van der Waals surface area contributed by atoms with Crippen LogP contribution in [0.5, 0.6) is 0 Å². The summed E-state index contributed by atoms with van der Waals surface area (Å²) in [6.07, 6.45) is -14.7. The highest BCUT2D eigenvalue weighted by Gasteiger charge is 2.75. The van der Waals surface area contributed by atoms with Crippen molar-refractivity contribution in [2.75, 3.05) is 7.11 Å². The average Bonchev–Trinajstić information content (AvgIpc) is 2.64. The van der Waals surface area contributed by atoms with Gasteiger partial charge in [-0.25, -0.2) is 9.59 Å². The van der Waals surface area contributed by atoms with E-state index < -0.39 is 49.6 Å². The highest BCUT2D eigenvalue weighted by atomic mass is 19.4. The zero-order valence-corrected chi connectivity index (χ0v) is 10.4. The Kier molecular flexibility index (Phi) is 4.65. The van der Waals surface area contributed by atoms with Crippen LogP contribution in [-0.2, 0) is 33.1 Å². The van der Waals surface area contributed by atoms with E-state index in [1.54, 1.807) is 0 Å². The van der Waals surface area contributed by atoms with Gasteiger partial charge in [-0.15, -0.1) is 0 Å². The molecule has 0 atom stereocenters. The topological polar surface area (TPSA) is 88.1 Å². The van der Waals surface area contributed by atoms with Crippen LogP contribution < -0.4 is 0 Å². The van der Waals surface area contributed by atoms with Gasteiger partial charge in [0.2, 0.25) is 0 Å². The number of rotatable bonds is 4. The molecule has 0 aliphatic carbocycles. The van der Waals surface area contributed by atoms with Gasteiger partial charge in [-0.05, 0) is 0 Å². The molecule has 0 saturated carbocycles. The summed E-state index contributed by atoms with van der Waals surface area (Å²) in [7, 11) is -2.36. The Labute approximate surface area is 117 Å². The molecule has 1 aliphatic heterocycles. The lowest BCUT2D eigenvalue weighted by molar-refractivity contribution is -0.363. The number of esters is 1. The van der Waals surface area contributed by atoms with Crippen molar-refractivity contribution in [1.82, 2.24) is 0 Å². The van der Waals surface area contributed by atoms with Crippen molar-refractivity contribution in [2.45, 2.75) is 24.4 Å². The fourth-order valence-electron chi connectivity index (χ4n) is 1.32. The molecule has 1 rings (SSSR count). The maximum Gasteiger partial charge on any atom is 0.793 e. The van der Waals surface area contributed by atoms with E-state index >= 15 is 0 Å². The summed E-state index contributed by atoms with van der Waals surface area (Å²) in [4.78, 5) is 32.1. The van der Waals surface area contributed by atoms with Crippen molar-refractivity contribution in [2.24, 2.45) is 0 Å². The minimum absolute atomic E-state index is 0.551. The van der Waals surface area contributed by atoms with Crippen LogP contribution in [0.2, 0.25) is 0 Å². The minimum Gasteiger partial charge on any atom is -0.469 e. The van der Waals surface area contributed by atoms with Gasteiger partial charge < -0.3 is 18.7 Å². The zero-order valence-electron chi connectivity index (χ0n) is 10.4. The van der Waals surface area contributed by atoms with E-state index in [1.807, 2.05) is 0 Å². The lowest BCUT2D eigenvalue weighted by atomic mass is 9.95. The molecule has 7 nitrogen and oxygen atoms in total. The first-order valence-corrected chi connectivity index (χ1v) is 5.14. The number of halogens is 6. The maximum absolute atomic E-state index is 12.9. The van der Waals surface area contributed by atoms with Crippen molar-refractivity contribution >= 4 is 25.2 Å². The third-order valence-corrected chi connectivity index (χ3v) is 2.41. The molecule has 1 saturated heterocycles. The standard InChI is InChI=1S/C8H5BF6O7/c1-19-3(16)2-6(7(10,11)12,8(13,14)15)22-9-20-4(17)5(18)21-9/h2H2,1H3. The molecule has 1 heterocycles. The largest absolute Gasteiger partial charge is 0.793 e. The number of ether oxygens (including phenoxy) is 1. The first kappa shape index (κ1) is 18.1. The van der Waals surface area contributed by atoms with Crippen molar-refractivity contribution in [3.63, 3.8) is 0 Å². The molecule has 0 aromatic carbocycles. The van der Waals surface area contributed by atoms with E-state index in [9.17, 15) is 40.7 Å². The van der Waals surface area contributed by atoms with Crippen LogP contribution in [0.25, 0.3) is 0 Å². The number of carbonyl (C=O) groups is 3. The predicted octanol–water partition coefficient (Wildman–Crippen LogP) is 0.514. The first-order chi connectivity index (χ1) is 9.84. The quantitative estimate of drug-likeness (QED) is 0.319. The SMILES string of the molecule is COC(=O)CC(OB1OC(=O)C(=O)O1)(C(F)(F)F)C(F)(F)F. The van der Waals surface area contributed by atoms with E-state index in [0.717, 1.165) is 0 Å². The second-order valence-corrected chi connectivity index (χ2v) is 3.79. The van der Waals surface area contributed by atoms with Gasteiger partial charge in [-0.3, -0.25) is 4.79 Å². The van der Waals surface area contributed by atoms with Gasteiger partial charge in [0.05, 0.1) is 13.5 Å². The van der Waals surface area contributed by atoms with E-state index in [2.05, 4.69) is 18.7 Å². The Morgan fingerprint density at radius 2 is 1.45 bits per heavy atom. The molecular formula is C8H5BF6O7. The van der Waals surface area contributed by atoms with Gasteiger partial charge in [-0.1, -0.05) is 0 Å². The predicted molar refractivity (Wildman–Crippen MR) is 50.5 cm³/mol. The number of carbonyl (C=O) groups excluding carboxylic acids is 3. The number of methoxy groups -OCH3 is 1. The summed E-state index contributed by atoms with van der Waals surface area (Å²) in [6, 6.07) is 0. The molecule has 0 spiro atoms. The number of alkyl halides is 6. The molecule has 22 heavy (non-hydrogen) atoms. The van der Waals surface area contributed by atoms with Crippen LogP contribution in [0, 0.1) is 0 Å². The Morgan fingerprint density at radius 1 is 1.05 bits per heavy atom. The molecule has 0 N–H and O–H groups in total. The fourth-order valence-corrected chi connectivity index (χ4v) is 1.32. The molecule has 1 fully saturated rings. The highest BCUT2D eigenvalue weighted by molar-refractivity contribution is 6.55. The van der Waals surface area contributed by atoms with Gasteiger partial charge in [0.25, 0.3) is 5.60 Å². The second kappa shape index (κ2) is 5.66. The minimum atomic E-state index is -6.17. The monoisotopic (exact) mass is 338 g/mol. The van der Waals surface area contributed by atoms with Gasteiger partial charge in [-0.2, -0.15) is 26.3 Å². The molecule has 14 heteroatoms. The second-order valence-electron chi connectivity index (χ2n) is 3.79. The van der Waals surface area contributed by atoms with Gasteiger partial charge in [0.15, 0.2) is 0 Å². The average molecular weight is 338 g/mol. The van der Waals surface area contributed by atoms with E-state index in [4.69, 9.17) is 0 Å². The third kappa shape index (κ3) is 3.26. The summed E-state index contributed by atoms with van der Waals surface area (Å²) in [5.74, 6) is -5.60. The molecule has 0 amide bonds. The summed E-state index contributed by atoms with van der Waals surface area (Å²) in [5.41, 5.74) is -5.09. The Hall–Kier alpha value is -1.99. The highest BCUT2D eigenvalue weighted by Crippen LogP contribution is 2.49. The van der Waals surface area contributed by atoms with Gasteiger partial charge in [0.1, 0.15) is 0 Å². The van der Waals surface area contributed by atoms with Crippen LogP contribution in [0.4, 0.5) is 26.3 Å². The number of hydrogen-bond donors (Lipinski definition) is 0. The van der Waals surface area contributed by atoms with Crippen molar-refractivity contribution in [1.29, 1.82) is 0 Å². The molecule has 0 aromatic rings. The molecular weight excluding hydrogens is 333 g/mol. The van der Waals surface area contributed by atoms with Crippen LogP contribution >= 0.6 is 0 Å². The van der Waals surface area contributed by atoms with Crippen molar-refractivity contribution < 1.29 is 59.4 Å². The lowest BCUT2D eigenvalue weighted by Crippen LogP contribution is -2.62. The molecule has 0 radical (unpaired) electrons. The zero-order chi connectivity index (χ0) is 17.3. The van der Waals surface area contributed by atoms with E-state index in [-0.39, 0.29) is 0 Å². The van der Waals surface area contributed by atoms with Crippen molar-refractivity contribution in [3.8, 4) is 0 Å². The maximum atomic E-state index is 12.9. The summed E-state index contributed by atoms with van der Waals surface area (Å²) >= 11 is 0. The van der Waals surface area contributed by atoms with E-state index in [0.29, 0.717) is 7.11 Å². The molecule has 1 aliphatic rings. The molecule has 0 aromatic heterocycles. The van der Waals surface area contributed by atoms with Gasteiger partial charge >= 0.3 is 37.6 Å². The van der Waals surface area contributed by atoms with Crippen LogP contribution in [0.3, 0.4) is 0 Å². The molecule has 0 unspecified atom stereocenters. The molecule has 124 valence electrons. The van der Waals surface area contributed by atoms with Crippen LogP contribution in [0.15, 0.2) is 0 Å². The van der Waals surface area contributed by atoms with E-state index in [1.165, 1.54) is 0 Å². The normalized spacial score (nSPS) is 16.4. The first-order valence-electron chi connectivity index (χ1n) is 5.14. The summed E-state index contributed by atoms with van der Waals surface area (Å²) in [5, 5.41) is 0. The Balaban J connectivity index is 3.22. The Morgan fingerprint density at radius 3 is 1.77 bits per heavy atom. The van der Waals surface area contributed by atoms with Crippen molar-refractivity contribution in [3.05, 3.63) is 0 Å². The number of hydrogen-bond acceptors (Lipinski definition) is 7. The van der Waals surface area contributed by atoms with Crippen LogP contribution in [0.1, 0.15) is 6.42 Å². The fraction of sp³-hybridized carbons (Fsp3) is 0.625. The summed E-state index contributed by atoms with van der Waals surface area (Å²) in [6.45, 7) is 0. The Bertz CT molecular complexity index is 456. The summed E-state index contributed by atoms with van der Waals surface area (Å²) < 4.78 is 92.2. The third-order valence-electron chi connectivity index (χ3n) is 2.41. The smallest absolute Gasteiger partial charge is 0.469 e. The van der Waals surface area contributed by atoms with Gasteiger partial charge in [0, 0.05) is 0 Å². The van der Waals surface area contributed by atoms with Crippen LogP contribution in [-0.4, -0.2) is 50.3 Å².